The van der Waals surface area contributed by atoms with Crippen molar-refractivity contribution in [3.05, 3.63) is 45.4 Å². The van der Waals surface area contributed by atoms with Crippen molar-refractivity contribution >= 4 is 103 Å². The van der Waals surface area contributed by atoms with Crippen LogP contribution in [0.3, 0.4) is 0 Å². The molecule has 264 valence electrons. The quantitative estimate of drug-likeness (QED) is 0.0750. The van der Waals surface area contributed by atoms with E-state index in [0.717, 1.165) is 32.5 Å². The van der Waals surface area contributed by atoms with Crippen LogP contribution >= 0.6 is 46.2 Å². The fourth-order valence-electron chi connectivity index (χ4n) is 4.88. The molecular formula is C26H24N10Na2O10S4. The number of aromatic nitrogens is 2. The Hall–Kier alpha value is -3.20. The number of nitrogens with zero attached hydrogens (tertiary/aromatic N) is 6. The number of carbonyl (C=O) groups excluding carboxylic acids is 6. The van der Waals surface area contributed by atoms with Crippen molar-refractivity contribution in [3.8, 4) is 0 Å². The Kier molecular flexibility index (Phi) is 15.5. The molecule has 26 heteroatoms. The second-order valence-electron chi connectivity index (χ2n) is 9.96. The number of carboxylic acid groups (broad SMARTS) is 2. The van der Waals surface area contributed by atoms with E-state index in [-0.39, 0.29) is 97.9 Å². The molecule has 2 aromatic rings. The number of carbonyl (C=O) groups is 6. The third-order valence-electron chi connectivity index (χ3n) is 7.05. The zero-order valence-electron chi connectivity index (χ0n) is 27.5. The van der Waals surface area contributed by atoms with Crippen LogP contribution in [0.4, 0.5) is 10.3 Å². The zero-order chi connectivity index (χ0) is 36.3. The minimum Gasteiger partial charge on any atom is -0.548 e. The maximum absolute atomic E-state index is 12.5. The normalized spacial score (nSPS) is 23.0. The molecule has 4 aliphatic rings. The first-order valence-electron chi connectivity index (χ1n) is 13.9. The van der Waals surface area contributed by atoms with E-state index in [1.165, 1.54) is 60.7 Å². The van der Waals surface area contributed by atoms with Gasteiger partial charge in [-0.25, -0.2) is 9.97 Å². The van der Waals surface area contributed by atoms with Gasteiger partial charge >= 0.3 is 59.1 Å². The second kappa shape index (κ2) is 18.7. The molecule has 20 nitrogen and oxygen atoms in total. The first-order valence-corrected chi connectivity index (χ1v) is 17.6. The number of nitrogens with one attached hydrogen (secondary N) is 2. The molecule has 6 N–H and O–H groups in total. The van der Waals surface area contributed by atoms with Crippen molar-refractivity contribution in [1.29, 1.82) is 0 Å². The smallest absolute Gasteiger partial charge is 0.548 e. The monoisotopic (exact) mass is 810 g/mol. The Morgan fingerprint density at radius 3 is 1.85 bits per heavy atom. The number of hydrogen-bond donors (Lipinski definition) is 4. The number of carboxylic acids is 2. The molecule has 5 unspecified atom stereocenters. The summed E-state index contributed by atoms with van der Waals surface area (Å²) < 4.78 is 0. The van der Waals surface area contributed by atoms with Crippen LogP contribution in [0.25, 0.3) is 0 Å². The van der Waals surface area contributed by atoms with E-state index in [2.05, 4.69) is 40.6 Å². The first-order chi connectivity index (χ1) is 23.9. The Labute approximate surface area is 354 Å². The van der Waals surface area contributed by atoms with Gasteiger partial charge in [0.15, 0.2) is 21.7 Å². The number of hydrogen-bond acceptors (Lipinski definition) is 20. The average Bonchev–Trinajstić information content (AvgIpc) is 3.73. The fourth-order valence-corrected chi connectivity index (χ4v) is 8.28. The summed E-state index contributed by atoms with van der Waals surface area (Å²) in [5.41, 5.74) is 11.1. The minimum absolute atomic E-state index is 0. The summed E-state index contributed by atoms with van der Waals surface area (Å²) >= 11 is 4.81. The van der Waals surface area contributed by atoms with Gasteiger partial charge in [0, 0.05) is 16.5 Å². The Morgan fingerprint density at radius 1 is 0.885 bits per heavy atom. The molecule has 0 aliphatic carbocycles. The molecule has 5 atom stereocenters. The SMILES string of the molecule is CO/N=C(\C(=O)NC1C(=O)N2C(C(=O)[O-])=CCSC12)c1csc(N)n1.CO/N=C(\C(=O)NC1C(=O)N2C(C(=O)[O-])C=CSC12)c1csc(N)n1.[Na+].[Na+]. The average molecular weight is 811 g/mol. The summed E-state index contributed by atoms with van der Waals surface area (Å²) in [4.78, 5) is 91.0. The number of thioether (sulfide) groups is 2. The number of nitrogens with two attached hydrogens (primary N) is 2. The molecule has 0 radical (unpaired) electrons. The summed E-state index contributed by atoms with van der Waals surface area (Å²) in [6, 6.07) is -2.90. The molecule has 4 aliphatic heterocycles. The number of thiazole rings is 2. The van der Waals surface area contributed by atoms with Crippen LogP contribution in [-0.2, 0) is 38.4 Å². The number of oxime groups is 2. The van der Waals surface area contributed by atoms with Crippen LogP contribution in [0.2, 0.25) is 0 Å². The van der Waals surface area contributed by atoms with Gasteiger partial charge in [-0.1, -0.05) is 10.3 Å². The van der Waals surface area contributed by atoms with Crippen LogP contribution in [0.1, 0.15) is 11.4 Å². The zero-order valence-corrected chi connectivity index (χ0v) is 34.8. The molecule has 0 bridgehead atoms. The van der Waals surface area contributed by atoms with Gasteiger partial charge in [-0.3, -0.25) is 24.1 Å². The largest absolute Gasteiger partial charge is 1.00 e. The van der Waals surface area contributed by atoms with E-state index in [4.69, 9.17) is 11.5 Å². The van der Waals surface area contributed by atoms with Gasteiger partial charge < -0.3 is 56.5 Å². The maximum atomic E-state index is 12.5. The second-order valence-corrected chi connectivity index (χ2v) is 13.9. The van der Waals surface area contributed by atoms with Gasteiger partial charge in [-0.15, -0.1) is 46.2 Å². The molecule has 2 aromatic heterocycles. The van der Waals surface area contributed by atoms with Crippen molar-refractivity contribution in [2.24, 2.45) is 10.3 Å². The van der Waals surface area contributed by atoms with E-state index in [9.17, 15) is 39.0 Å². The van der Waals surface area contributed by atoms with Gasteiger partial charge in [0.1, 0.15) is 48.4 Å². The van der Waals surface area contributed by atoms with Gasteiger partial charge in [0.05, 0.1) is 23.7 Å². The first kappa shape index (κ1) is 43.2. The third kappa shape index (κ3) is 8.94. The predicted molar refractivity (Wildman–Crippen MR) is 176 cm³/mol. The summed E-state index contributed by atoms with van der Waals surface area (Å²) in [6.07, 6.45) is 2.77. The number of anilines is 2. The third-order valence-corrected chi connectivity index (χ3v) is 10.7. The van der Waals surface area contributed by atoms with Crippen molar-refractivity contribution in [1.82, 2.24) is 30.4 Å². The van der Waals surface area contributed by atoms with Gasteiger partial charge in [-0.05, 0) is 17.6 Å². The predicted octanol–water partition coefficient (Wildman–Crippen LogP) is -9.77. The van der Waals surface area contributed by atoms with Crippen LogP contribution < -0.4 is 91.4 Å². The Balaban J connectivity index is 0.000000270. The Morgan fingerprint density at radius 2 is 1.40 bits per heavy atom. The number of rotatable bonds is 10. The van der Waals surface area contributed by atoms with Gasteiger partial charge in [0.2, 0.25) is 5.91 Å². The number of fused-ring (bicyclic) bond motifs is 2. The molecule has 6 heterocycles. The Bertz CT molecular complexity index is 1800. The van der Waals surface area contributed by atoms with Gasteiger partial charge in [0.25, 0.3) is 17.7 Å². The number of amides is 4. The van der Waals surface area contributed by atoms with Crippen molar-refractivity contribution < 1.29 is 108 Å². The molecule has 0 saturated carbocycles. The van der Waals surface area contributed by atoms with Crippen LogP contribution in [-0.4, -0.2) is 116 Å². The standard InChI is InChI=1S/2C13H13N5O5S2.2Na/c2*1-23-17-7(5-4-25-13(14)15-5)9(19)16-8-10(20)18-6(12(21)22)2-3-24-11(8)18;;/h2,4,8,11H,3H2,1H3,(H2,14,15)(H,16,19)(H,21,22);2-4,6,8,11H,1H3,(H2,14,15)(H,16,19)(H,21,22);;/q;;2*+1/p-2/b2*17-7-;;. The number of nitrogen functional groups attached to an aromatic ring is 2. The van der Waals surface area contributed by atoms with Crippen molar-refractivity contribution in [3.63, 3.8) is 0 Å². The van der Waals surface area contributed by atoms with Crippen LogP contribution in [0.5, 0.6) is 0 Å². The van der Waals surface area contributed by atoms with Crippen molar-refractivity contribution in [2.45, 2.75) is 28.9 Å². The maximum Gasteiger partial charge on any atom is 1.00 e. The summed E-state index contributed by atoms with van der Waals surface area (Å²) in [5.74, 6) is -4.80. The van der Waals surface area contributed by atoms with E-state index in [1.54, 1.807) is 5.41 Å². The molecule has 0 aromatic carbocycles. The molecule has 2 fully saturated rings. The topological polar surface area (TPSA) is 300 Å². The molecule has 6 rings (SSSR count). The minimum atomic E-state index is -1.43. The van der Waals surface area contributed by atoms with Crippen LogP contribution in [0.15, 0.2) is 44.3 Å². The van der Waals surface area contributed by atoms with Crippen molar-refractivity contribution in [2.75, 3.05) is 31.4 Å². The molecular weight excluding hydrogens is 787 g/mol. The molecule has 2 saturated heterocycles. The molecule has 0 spiro atoms. The molecule has 4 amide bonds. The van der Waals surface area contributed by atoms with E-state index < -0.39 is 64.4 Å². The van der Waals surface area contributed by atoms with E-state index >= 15 is 0 Å². The summed E-state index contributed by atoms with van der Waals surface area (Å²) in [7, 11) is 2.54. The van der Waals surface area contributed by atoms with Crippen LogP contribution in [0, 0.1) is 0 Å². The number of β-lactam (4-membered cyclic amide) rings is 2. The number of aliphatic carboxylic acids is 2. The summed E-state index contributed by atoms with van der Waals surface area (Å²) in [5, 5.41) is 38.6. The fraction of sp³-hybridized carbons (Fsp3) is 0.308. The van der Waals surface area contributed by atoms with E-state index in [0.29, 0.717) is 5.75 Å². The van der Waals surface area contributed by atoms with Gasteiger partial charge in [-0.2, -0.15) is 0 Å². The van der Waals surface area contributed by atoms with E-state index in [1.807, 2.05) is 0 Å². The molecule has 52 heavy (non-hydrogen) atoms. The summed E-state index contributed by atoms with van der Waals surface area (Å²) in [6.45, 7) is 0.